The lowest BCUT2D eigenvalue weighted by Gasteiger charge is -2.14. The lowest BCUT2D eigenvalue weighted by Crippen LogP contribution is -2.06. The average molecular weight is 757 g/mol. The van der Waals surface area contributed by atoms with Crippen LogP contribution in [0.15, 0.2) is 59.7 Å². The van der Waals surface area contributed by atoms with Gasteiger partial charge in [-0.25, -0.2) is 4.70 Å². The largest absolute Gasteiger partial charge is 0.493 e. The zero-order valence-electron chi connectivity index (χ0n) is 36.7. The molecular formula is C54H80N2. The first-order chi connectivity index (χ1) is 27.7. The Labute approximate surface area is 346 Å². The molecule has 0 aromatic heterocycles. The summed E-state index contributed by atoms with van der Waals surface area (Å²) in [6, 6.07) is 17.6. The summed E-state index contributed by atoms with van der Waals surface area (Å²) in [6.07, 6.45) is 35.8. The van der Waals surface area contributed by atoms with Crippen LogP contribution in [0, 0.1) is 23.7 Å². The normalized spacial score (nSPS) is 12.6. The second-order valence-corrected chi connectivity index (χ2v) is 16.4. The number of hydrogen-bond donors (Lipinski definition) is 0. The molecule has 2 aromatic carbocycles. The van der Waals surface area contributed by atoms with E-state index in [0.29, 0.717) is 0 Å². The van der Waals surface area contributed by atoms with Crippen molar-refractivity contribution in [2.45, 2.75) is 220 Å². The Morgan fingerprint density at radius 3 is 1.09 bits per heavy atom. The Balaban J connectivity index is 1.84. The number of unbranched alkanes of at least 4 members (excludes halogenated alkanes) is 20. The van der Waals surface area contributed by atoms with Crippen LogP contribution in [0.5, 0.6) is 0 Å². The highest BCUT2D eigenvalue weighted by atomic mass is 15.2. The first-order valence-electron chi connectivity index (χ1n) is 23.7. The van der Waals surface area contributed by atoms with Crippen LogP contribution in [0.1, 0.15) is 230 Å². The van der Waals surface area contributed by atoms with Gasteiger partial charge in [0.2, 0.25) is 11.4 Å². The van der Waals surface area contributed by atoms with E-state index in [9.17, 15) is 5.53 Å². The van der Waals surface area contributed by atoms with Gasteiger partial charge >= 0.3 is 0 Å². The Morgan fingerprint density at radius 1 is 0.375 bits per heavy atom. The second-order valence-electron chi connectivity index (χ2n) is 16.4. The minimum absolute atomic E-state index is 0.852. The molecule has 2 heteroatoms. The molecule has 1 aliphatic heterocycles. The number of hydrogen-bond acceptors (Lipinski definition) is 0. The third-order valence-electron chi connectivity index (χ3n) is 11.6. The maximum atomic E-state index is 12.5. The highest BCUT2D eigenvalue weighted by Gasteiger charge is 2.36. The number of aryl methyl sites for hydroxylation is 2. The molecule has 2 nitrogen and oxygen atoms in total. The zero-order chi connectivity index (χ0) is 39.9. The van der Waals surface area contributed by atoms with Crippen LogP contribution in [0.3, 0.4) is 0 Å². The number of rotatable bonds is 30. The predicted molar refractivity (Wildman–Crippen MR) is 245 cm³/mol. The third kappa shape index (κ3) is 17.4. The fraction of sp³-hybridized carbons (Fsp3) is 0.630. The van der Waals surface area contributed by atoms with E-state index in [2.05, 4.69) is 99.9 Å². The number of nitrogens with zero attached hydrogens (tertiary/aromatic N) is 2. The minimum atomic E-state index is 0.852. The van der Waals surface area contributed by atoms with E-state index < -0.39 is 0 Å². The lowest BCUT2D eigenvalue weighted by molar-refractivity contribution is -0.345. The molecule has 0 fully saturated rings. The van der Waals surface area contributed by atoms with Gasteiger partial charge in [-0.3, -0.25) is 0 Å². The van der Waals surface area contributed by atoms with Crippen LogP contribution in [0.25, 0.3) is 16.9 Å². The first kappa shape index (κ1) is 47.0. The van der Waals surface area contributed by atoms with Crippen molar-refractivity contribution in [1.29, 1.82) is 0 Å². The van der Waals surface area contributed by atoms with Crippen LogP contribution in [-0.2, 0) is 12.8 Å². The van der Waals surface area contributed by atoms with E-state index in [1.807, 2.05) is 0 Å². The van der Waals surface area contributed by atoms with Crippen LogP contribution in [0.4, 0.5) is 0 Å². The highest BCUT2D eigenvalue weighted by molar-refractivity contribution is 5.83. The summed E-state index contributed by atoms with van der Waals surface area (Å²) in [5.41, 5.74) is 22.2. The first-order valence-corrected chi connectivity index (χ1v) is 23.7. The smallest absolute Gasteiger partial charge is 0.211 e. The van der Waals surface area contributed by atoms with E-state index in [4.69, 9.17) is 0 Å². The molecule has 0 saturated heterocycles. The van der Waals surface area contributed by atoms with E-state index in [1.165, 1.54) is 162 Å². The van der Waals surface area contributed by atoms with Gasteiger partial charge in [0.15, 0.2) is 0 Å². The van der Waals surface area contributed by atoms with E-state index >= 15 is 0 Å². The van der Waals surface area contributed by atoms with Crippen molar-refractivity contribution in [1.82, 2.24) is 0 Å². The molecule has 0 N–H and O–H groups in total. The van der Waals surface area contributed by atoms with Crippen LogP contribution in [-0.4, -0.2) is 4.70 Å². The van der Waals surface area contributed by atoms with E-state index in [-0.39, 0.29) is 0 Å². The monoisotopic (exact) mass is 757 g/mol. The van der Waals surface area contributed by atoms with Gasteiger partial charge in [0, 0.05) is 48.0 Å². The fourth-order valence-corrected chi connectivity index (χ4v) is 8.23. The maximum Gasteiger partial charge on any atom is 0.211 e. The second kappa shape index (κ2) is 30.7. The van der Waals surface area contributed by atoms with Crippen molar-refractivity contribution in [3.05, 3.63) is 87.5 Å². The van der Waals surface area contributed by atoms with Gasteiger partial charge in [-0.2, -0.15) is 0 Å². The predicted octanol–water partition coefficient (Wildman–Crippen LogP) is 17.0. The summed E-state index contributed by atoms with van der Waals surface area (Å²) in [6.45, 7) is 9.14. The van der Waals surface area contributed by atoms with Gasteiger partial charge in [0.1, 0.15) is 0 Å². The van der Waals surface area contributed by atoms with Gasteiger partial charge in [-0.15, -0.1) is 23.7 Å². The molecule has 0 amide bonds. The molecule has 0 atom stereocenters. The van der Waals surface area contributed by atoms with Gasteiger partial charge in [0.25, 0.3) is 0 Å². The molecule has 0 unspecified atom stereocenters. The Kier molecular flexibility index (Phi) is 25.8. The molecule has 56 heavy (non-hydrogen) atoms. The van der Waals surface area contributed by atoms with Gasteiger partial charge in [-0.05, 0) is 74.6 Å². The van der Waals surface area contributed by atoms with Crippen molar-refractivity contribution >= 4 is 11.4 Å². The molecule has 1 heterocycles. The Morgan fingerprint density at radius 2 is 0.696 bits per heavy atom. The SMILES string of the molecule is CCCCCCCCCC#CCCc1ccccc1C1=C(CCCCCC)C(CCCCCC)=C(c2ccccc2CCC#CCCCCCCCCC)[N+]1=[N-]. The molecule has 0 aliphatic carbocycles. The lowest BCUT2D eigenvalue weighted by atomic mass is 9.89. The Hall–Kier alpha value is -3.36. The summed E-state index contributed by atoms with van der Waals surface area (Å²) >= 11 is 0. The highest BCUT2D eigenvalue weighted by Crippen LogP contribution is 2.46. The molecule has 2 aromatic rings. The molecule has 0 radical (unpaired) electrons. The van der Waals surface area contributed by atoms with Crippen molar-refractivity contribution < 1.29 is 4.70 Å². The topological polar surface area (TPSA) is 25.3 Å². The van der Waals surface area contributed by atoms with Gasteiger partial charge in [-0.1, -0.05) is 180 Å². The van der Waals surface area contributed by atoms with Crippen molar-refractivity contribution in [3.63, 3.8) is 0 Å². The molecule has 0 spiro atoms. The Bertz CT molecular complexity index is 1460. The summed E-state index contributed by atoms with van der Waals surface area (Å²) < 4.78 is 1.61. The summed E-state index contributed by atoms with van der Waals surface area (Å²) in [7, 11) is 0. The van der Waals surface area contributed by atoms with Crippen LogP contribution < -0.4 is 0 Å². The van der Waals surface area contributed by atoms with Gasteiger partial charge < -0.3 is 5.53 Å². The number of benzene rings is 2. The molecule has 0 saturated carbocycles. The molecular weight excluding hydrogens is 677 g/mol. The number of allylic oxidation sites excluding steroid dienone is 2. The summed E-state index contributed by atoms with van der Waals surface area (Å²) in [5.74, 6) is 14.0. The third-order valence-corrected chi connectivity index (χ3v) is 11.6. The van der Waals surface area contributed by atoms with Gasteiger partial charge in [0.05, 0.1) is 0 Å². The quantitative estimate of drug-likeness (QED) is 0.0431. The van der Waals surface area contributed by atoms with Crippen LogP contribution in [0.2, 0.25) is 0 Å². The standard InChI is InChI=1S/C54H80N2/c1-5-9-13-17-19-21-23-25-27-29-31-39-47-41-35-37-43-49(47)53-51(45-33-15-11-7-3)52(46-34-16-12-8-4)54(56(53)55)50-44-38-36-42-48(50)40-32-30-28-26-24-22-20-18-14-10-6-2/h35-38,41-44H,5-26,31-34,39-40,45-46H2,1-4H3. The van der Waals surface area contributed by atoms with E-state index in [1.54, 1.807) is 4.70 Å². The van der Waals surface area contributed by atoms with Crippen molar-refractivity contribution in [2.24, 2.45) is 0 Å². The van der Waals surface area contributed by atoms with Crippen molar-refractivity contribution in [3.8, 4) is 23.7 Å². The molecule has 0 bridgehead atoms. The summed E-state index contributed by atoms with van der Waals surface area (Å²) in [4.78, 5) is 0. The van der Waals surface area contributed by atoms with E-state index in [0.717, 1.165) is 75.6 Å². The fourth-order valence-electron chi connectivity index (χ4n) is 8.23. The molecule has 306 valence electrons. The zero-order valence-corrected chi connectivity index (χ0v) is 36.7. The average Bonchev–Trinajstić information content (AvgIpc) is 3.49. The maximum absolute atomic E-state index is 12.5. The molecule has 1 aliphatic rings. The minimum Gasteiger partial charge on any atom is -0.493 e. The van der Waals surface area contributed by atoms with Crippen LogP contribution >= 0.6 is 0 Å². The molecule has 3 rings (SSSR count). The summed E-state index contributed by atoms with van der Waals surface area (Å²) in [5, 5.41) is 0. The van der Waals surface area contributed by atoms with Crippen molar-refractivity contribution in [2.75, 3.05) is 0 Å².